The van der Waals surface area contributed by atoms with Gasteiger partial charge in [0.2, 0.25) is 0 Å². The SMILES string of the molecule is C=COC(N)=O.CC(=O)O. The first kappa shape index (κ1) is 11.3. The van der Waals surface area contributed by atoms with Gasteiger partial charge in [0, 0.05) is 6.92 Å². The molecule has 0 unspecified atom stereocenters. The summed E-state index contributed by atoms with van der Waals surface area (Å²) in [6.45, 7) is 4.16. The van der Waals surface area contributed by atoms with Gasteiger partial charge in [-0.1, -0.05) is 6.58 Å². The van der Waals surface area contributed by atoms with E-state index in [4.69, 9.17) is 9.90 Å². The van der Waals surface area contributed by atoms with Crippen LogP contribution in [0.2, 0.25) is 0 Å². The lowest BCUT2D eigenvalue weighted by Crippen LogP contribution is -2.08. The molecule has 5 heteroatoms. The van der Waals surface area contributed by atoms with E-state index in [0.29, 0.717) is 0 Å². The third kappa shape index (κ3) is 88.8. The standard InChI is InChI=1S/C3H5NO2.C2H4O2/c1-2-6-3(4)5;1-2(3)4/h2H,1H2,(H2,4,5);1H3,(H,3,4). The highest BCUT2D eigenvalue weighted by atomic mass is 16.5. The van der Waals surface area contributed by atoms with Gasteiger partial charge in [0.1, 0.15) is 0 Å². The van der Waals surface area contributed by atoms with Crippen LogP contribution in [-0.4, -0.2) is 17.2 Å². The van der Waals surface area contributed by atoms with E-state index in [-0.39, 0.29) is 0 Å². The Kier molecular flexibility index (Phi) is 8.45. The van der Waals surface area contributed by atoms with Crippen molar-refractivity contribution in [2.75, 3.05) is 0 Å². The van der Waals surface area contributed by atoms with E-state index in [0.717, 1.165) is 13.2 Å². The van der Waals surface area contributed by atoms with Gasteiger partial charge in [0.15, 0.2) is 0 Å². The minimum absolute atomic E-state index is 0.829. The van der Waals surface area contributed by atoms with Crippen LogP contribution in [0.15, 0.2) is 12.8 Å². The molecular weight excluding hydrogens is 138 g/mol. The minimum Gasteiger partial charge on any atom is -0.481 e. The van der Waals surface area contributed by atoms with Crippen LogP contribution in [0.25, 0.3) is 0 Å². The van der Waals surface area contributed by atoms with Crippen molar-refractivity contribution in [3.63, 3.8) is 0 Å². The van der Waals surface area contributed by atoms with Gasteiger partial charge in [-0.25, -0.2) is 4.79 Å². The number of carbonyl (C=O) groups excluding carboxylic acids is 1. The number of amides is 1. The van der Waals surface area contributed by atoms with E-state index in [1.165, 1.54) is 0 Å². The normalized spacial score (nSPS) is 6.50. The number of carboxylic acids is 1. The summed E-state index contributed by atoms with van der Waals surface area (Å²) in [4.78, 5) is 18.5. The van der Waals surface area contributed by atoms with Crippen molar-refractivity contribution in [1.82, 2.24) is 0 Å². The monoisotopic (exact) mass is 147 g/mol. The Balaban J connectivity index is 0. The molecule has 0 saturated carbocycles. The molecule has 0 aliphatic heterocycles. The molecule has 0 atom stereocenters. The summed E-state index contributed by atoms with van der Waals surface area (Å²) in [7, 11) is 0. The maximum absolute atomic E-state index is 9.53. The van der Waals surface area contributed by atoms with Crippen molar-refractivity contribution in [1.29, 1.82) is 0 Å². The Hall–Kier alpha value is -1.52. The van der Waals surface area contributed by atoms with Gasteiger partial charge in [0.05, 0.1) is 6.26 Å². The van der Waals surface area contributed by atoms with Crippen LogP contribution in [0.1, 0.15) is 6.92 Å². The number of carboxylic acid groups (broad SMARTS) is 1. The highest BCUT2D eigenvalue weighted by Crippen LogP contribution is 1.66. The van der Waals surface area contributed by atoms with Gasteiger partial charge in [-0.3, -0.25) is 4.79 Å². The average molecular weight is 147 g/mol. The third-order valence-electron chi connectivity index (χ3n) is 0.199. The number of hydrogen-bond donors (Lipinski definition) is 2. The molecule has 0 aromatic carbocycles. The van der Waals surface area contributed by atoms with E-state index >= 15 is 0 Å². The molecule has 10 heavy (non-hydrogen) atoms. The van der Waals surface area contributed by atoms with Crippen LogP contribution in [-0.2, 0) is 9.53 Å². The lowest BCUT2D eigenvalue weighted by molar-refractivity contribution is -0.134. The Bertz CT molecular complexity index is 128. The Morgan fingerprint density at radius 1 is 1.70 bits per heavy atom. The van der Waals surface area contributed by atoms with E-state index in [1.807, 2.05) is 0 Å². The van der Waals surface area contributed by atoms with Crippen molar-refractivity contribution in [2.24, 2.45) is 5.73 Å². The topological polar surface area (TPSA) is 89.6 Å². The summed E-state index contributed by atoms with van der Waals surface area (Å²) in [5, 5.41) is 7.42. The zero-order valence-electron chi connectivity index (χ0n) is 5.53. The molecule has 0 aromatic heterocycles. The summed E-state index contributed by atoms with van der Waals surface area (Å²) in [5.74, 6) is -0.833. The maximum Gasteiger partial charge on any atom is 0.409 e. The molecule has 0 rings (SSSR count). The Morgan fingerprint density at radius 3 is 2.00 bits per heavy atom. The first-order chi connectivity index (χ1) is 4.50. The second kappa shape index (κ2) is 7.48. The second-order valence-electron chi connectivity index (χ2n) is 1.12. The molecule has 0 aliphatic carbocycles. The number of carbonyl (C=O) groups is 2. The van der Waals surface area contributed by atoms with Crippen LogP contribution < -0.4 is 5.73 Å². The smallest absolute Gasteiger partial charge is 0.409 e. The zero-order valence-corrected chi connectivity index (χ0v) is 5.53. The quantitative estimate of drug-likeness (QED) is 0.522. The molecule has 0 fully saturated rings. The van der Waals surface area contributed by atoms with Gasteiger partial charge in [-0.05, 0) is 0 Å². The highest BCUT2D eigenvalue weighted by Gasteiger charge is 1.79. The maximum atomic E-state index is 9.53. The largest absolute Gasteiger partial charge is 0.481 e. The molecule has 5 nitrogen and oxygen atoms in total. The molecule has 0 saturated heterocycles. The first-order valence-corrected chi connectivity index (χ1v) is 2.27. The summed E-state index contributed by atoms with van der Waals surface area (Å²) in [5.41, 5.74) is 4.47. The minimum atomic E-state index is -0.833. The Morgan fingerprint density at radius 2 is 2.00 bits per heavy atom. The molecular formula is C5H9NO4. The van der Waals surface area contributed by atoms with Gasteiger partial charge < -0.3 is 15.6 Å². The van der Waals surface area contributed by atoms with Crippen LogP contribution in [0.3, 0.4) is 0 Å². The summed E-state index contributed by atoms with van der Waals surface area (Å²) in [6.07, 6.45) is 0.146. The fourth-order valence-corrected chi connectivity index (χ4v) is 0.0821. The number of nitrogens with two attached hydrogens (primary N) is 1. The van der Waals surface area contributed by atoms with E-state index in [9.17, 15) is 4.79 Å². The molecule has 58 valence electrons. The molecule has 0 aromatic rings. The van der Waals surface area contributed by atoms with E-state index in [2.05, 4.69) is 17.0 Å². The summed E-state index contributed by atoms with van der Waals surface area (Å²) < 4.78 is 3.94. The van der Waals surface area contributed by atoms with Crippen LogP contribution in [0, 0.1) is 0 Å². The van der Waals surface area contributed by atoms with Crippen molar-refractivity contribution in [3.05, 3.63) is 12.8 Å². The molecule has 0 radical (unpaired) electrons. The number of primary amides is 1. The number of aliphatic carboxylic acids is 1. The van der Waals surface area contributed by atoms with Gasteiger partial charge in [-0.15, -0.1) is 0 Å². The number of ether oxygens (including phenoxy) is 1. The number of rotatable bonds is 1. The first-order valence-electron chi connectivity index (χ1n) is 2.27. The van der Waals surface area contributed by atoms with Crippen molar-refractivity contribution < 1.29 is 19.4 Å². The van der Waals surface area contributed by atoms with Crippen LogP contribution in [0.4, 0.5) is 4.79 Å². The van der Waals surface area contributed by atoms with E-state index in [1.54, 1.807) is 0 Å². The fraction of sp³-hybridized carbons (Fsp3) is 0.200. The molecule has 0 heterocycles. The molecule has 1 amide bonds. The zero-order chi connectivity index (χ0) is 8.57. The third-order valence-corrected chi connectivity index (χ3v) is 0.199. The van der Waals surface area contributed by atoms with Crippen molar-refractivity contribution in [2.45, 2.75) is 6.92 Å². The highest BCUT2D eigenvalue weighted by molar-refractivity contribution is 5.65. The molecule has 0 spiro atoms. The average Bonchev–Trinajstić information content (AvgIpc) is 1.62. The second-order valence-corrected chi connectivity index (χ2v) is 1.12. The van der Waals surface area contributed by atoms with Crippen molar-refractivity contribution >= 4 is 12.1 Å². The molecule has 3 N–H and O–H groups in total. The fourth-order valence-electron chi connectivity index (χ4n) is 0.0821. The van der Waals surface area contributed by atoms with Crippen LogP contribution >= 0.6 is 0 Å². The van der Waals surface area contributed by atoms with Gasteiger partial charge in [0.25, 0.3) is 5.97 Å². The lowest BCUT2D eigenvalue weighted by atomic mass is 10.9. The predicted octanol–water partition coefficient (Wildman–Crippen LogP) is 0.316. The van der Waals surface area contributed by atoms with Gasteiger partial charge in [-0.2, -0.15) is 0 Å². The summed E-state index contributed by atoms with van der Waals surface area (Å²) >= 11 is 0. The predicted molar refractivity (Wildman–Crippen MR) is 34.2 cm³/mol. The van der Waals surface area contributed by atoms with Crippen LogP contribution in [0.5, 0.6) is 0 Å². The lowest BCUT2D eigenvalue weighted by Gasteiger charge is -1.83. The Labute approximate surface area is 58.1 Å². The van der Waals surface area contributed by atoms with Gasteiger partial charge >= 0.3 is 6.09 Å². The molecule has 0 bridgehead atoms. The van der Waals surface area contributed by atoms with Crippen molar-refractivity contribution in [3.8, 4) is 0 Å². The molecule has 0 aliphatic rings. The van der Waals surface area contributed by atoms with E-state index < -0.39 is 12.1 Å². The summed E-state index contributed by atoms with van der Waals surface area (Å²) in [6, 6.07) is 0. The number of hydrogen-bond acceptors (Lipinski definition) is 3.